The maximum absolute atomic E-state index is 14.0. The summed E-state index contributed by atoms with van der Waals surface area (Å²) in [4.78, 5) is 10.9. The van der Waals surface area contributed by atoms with Crippen molar-refractivity contribution in [2.24, 2.45) is 5.92 Å². The van der Waals surface area contributed by atoms with E-state index in [1.807, 2.05) is 6.07 Å². The fourth-order valence-electron chi connectivity index (χ4n) is 4.65. The van der Waals surface area contributed by atoms with Crippen molar-refractivity contribution < 1.29 is 17.7 Å². The largest absolute Gasteiger partial charge is 0.378 e. The quantitative estimate of drug-likeness (QED) is 0.300. The minimum absolute atomic E-state index is 0.0308. The highest BCUT2D eigenvalue weighted by molar-refractivity contribution is 7.92. The van der Waals surface area contributed by atoms with Gasteiger partial charge < -0.3 is 5.32 Å². The van der Waals surface area contributed by atoms with Gasteiger partial charge in [-0.3, -0.25) is 14.8 Å². The van der Waals surface area contributed by atoms with E-state index < -0.39 is 20.8 Å². The Morgan fingerprint density at radius 1 is 1.06 bits per heavy atom. The number of halogens is 1. The molecule has 0 bridgehead atoms. The number of benzene rings is 3. The zero-order chi connectivity index (χ0) is 23.2. The molecular formula is C24H20FN3O4S. The number of nitrogens with one attached hydrogen (secondary N) is 2. The summed E-state index contributed by atoms with van der Waals surface area (Å²) in [6.45, 7) is 0. The fraction of sp³-hybridized carbons (Fsp3) is 0.167. The standard InChI is InChI=1S/C24H20FN3O4S/c25-21-9-1-2-10-23(21)27-33(31,32)17-11-12-22-20(14-17)18-7-4-8-19(18)24(26-22)15-5-3-6-16(13-15)28(29)30/h1-7,9-14,18-19,24,26-27H,8H2/t18-,19+,24-/m0/s1. The van der Waals surface area contributed by atoms with E-state index in [1.165, 1.54) is 30.3 Å². The first-order chi connectivity index (χ1) is 15.8. The van der Waals surface area contributed by atoms with Crippen molar-refractivity contribution in [2.45, 2.75) is 23.3 Å². The lowest BCUT2D eigenvalue weighted by Crippen LogP contribution is -2.29. The van der Waals surface area contributed by atoms with Crippen molar-refractivity contribution in [3.05, 3.63) is 106 Å². The van der Waals surface area contributed by atoms with Crippen molar-refractivity contribution in [2.75, 3.05) is 10.0 Å². The van der Waals surface area contributed by atoms with Crippen molar-refractivity contribution in [3.63, 3.8) is 0 Å². The number of sulfonamides is 1. The van der Waals surface area contributed by atoms with Gasteiger partial charge in [0.05, 0.1) is 21.5 Å². The van der Waals surface area contributed by atoms with Crippen LogP contribution in [0.25, 0.3) is 0 Å². The van der Waals surface area contributed by atoms with Gasteiger partial charge in [0.15, 0.2) is 0 Å². The Balaban J connectivity index is 1.50. The predicted molar refractivity (Wildman–Crippen MR) is 123 cm³/mol. The number of nitrogens with zero attached hydrogens (tertiary/aromatic N) is 1. The van der Waals surface area contributed by atoms with Gasteiger partial charge in [-0.25, -0.2) is 12.8 Å². The normalized spacial score (nSPS) is 21.1. The Bertz CT molecular complexity index is 1390. The molecule has 0 radical (unpaired) electrons. The first-order valence-corrected chi connectivity index (χ1v) is 11.9. The number of para-hydroxylation sites is 1. The summed E-state index contributed by atoms with van der Waals surface area (Å²) < 4.78 is 42.2. The van der Waals surface area contributed by atoms with Crippen LogP contribution in [0.4, 0.5) is 21.5 Å². The molecule has 1 heterocycles. The summed E-state index contributed by atoms with van der Waals surface area (Å²) in [7, 11) is -4.00. The topological polar surface area (TPSA) is 101 Å². The summed E-state index contributed by atoms with van der Waals surface area (Å²) in [5, 5.41) is 14.7. The van der Waals surface area contributed by atoms with Crippen molar-refractivity contribution in [1.29, 1.82) is 0 Å². The number of fused-ring (bicyclic) bond motifs is 3. The molecule has 0 saturated carbocycles. The molecule has 9 heteroatoms. The monoisotopic (exact) mass is 465 g/mol. The second-order valence-electron chi connectivity index (χ2n) is 8.16. The molecule has 0 spiro atoms. The first-order valence-electron chi connectivity index (χ1n) is 10.4. The van der Waals surface area contributed by atoms with E-state index in [4.69, 9.17) is 0 Å². The second kappa shape index (κ2) is 8.00. The van der Waals surface area contributed by atoms with Crippen LogP contribution in [0.3, 0.4) is 0 Å². The molecule has 1 aliphatic heterocycles. The van der Waals surface area contributed by atoms with Crippen LogP contribution in [0.5, 0.6) is 0 Å². The molecule has 0 fully saturated rings. The molecule has 7 nitrogen and oxygen atoms in total. The number of allylic oxidation sites excluding steroid dienone is 2. The van der Waals surface area contributed by atoms with Crippen LogP contribution in [0.1, 0.15) is 29.5 Å². The van der Waals surface area contributed by atoms with Gasteiger partial charge in [0.2, 0.25) is 0 Å². The minimum Gasteiger partial charge on any atom is -0.378 e. The molecular weight excluding hydrogens is 445 g/mol. The first kappa shape index (κ1) is 21.1. The van der Waals surface area contributed by atoms with Crippen molar-refractivity contribution in [3.8, 4) is 0 Å². The summed E-state index contributed by atoms with van der Waals surface area (Å²) in [6, 6.07) is 16.8. The van der Waals surface area contributed by atoms with Gasteiger partial charge in [-0.1, -0.05) is 36.4 Å². The molecule has 3 aromatic carbocycles. The SMILES string of the molecule is O=[N+]([O-])c1cccc([C@@H]2Nc3ccc(S(=O)(=O)Nc4ccccc4F)cc3[C@H]3C=CC[C@H]32)c1. The summed E-state index contributed by atoms with van der Waals surface area (Å²) in [6.07, 6.45) is 4.86. The van der Waals surface area contributed by atoms with Gasteiger partial charge in [-0.2, -0.15) is 0 Å². The molecule has 33 heavy (non-hydrogen) atoms. The molecule has 2 N–H and O–H groups in total. The third kappa shape index (κ3) is 3.84. The van der Waals surface area contributed by atoms with E-state index in [9.17, 15) is 22.9 Å². The van der Waals surface area contributed by atoms with E-state index in [2.05, 4.69) is 22.2 Å². The molecule has 5 rings (SSSR count). The van der Waals surface area contributed by atoms with Gasteiger partial charge in [0.1, 0.15) is 5.82 Å². The molecule has 3 aromatic rings. The molecule has 168 valence electrons. The Kier molecular flexibility index (Phi) is 5.13. The zero-order valence-electron chi connectivity index (χ0n) is 17.3. The van der Waals surface area contributed by atoms with Crippen LogP contribution >= 0.6 is 0 Å². The van der Waals surface area contributed by atoms with Crippen molar-refractivity contribution >= 4 is 27.1 Å². The minimum atomic E-state index is -4.00. The maximum Gasteiger partial charge on any atom is 0.269 e. The van der Waals surface area contributed by atoms with Gasteiger partial charge in [0.25, 0.3) is 15.7 Å². The molecule has 0 amide bonds. The van der Waals surface area contributed by atoms with Crippen molar-refractivity contribution in [1.82, 2.24) is 0 Å². The fourth-order valence-corrected chi connectivity index (χ4v) is 5.75. The molecule has 3 atom stereocenters. The van der Waals surface area contributed by atoms with Crippen LogP contribution in [0, 0.1) is 21.8 Å². The Morgan fingerprint density at radius 2 is 1.88 bits per heavy atom. The number of rotatable bonds is 5. The lowest BCUT2D eigenvalue weighted by atomic mass is 9.77. The van der Waals surface area contributed by atoms with Crippen LogP contribution in [-0.2, 0) is 10.0 Å². The number of anilines is 2. The van der Waals surface area contributed by atoms with E-state index in [0.717, 1.165) is 23.2 Å². The molecule has 2 aliphatic rings. The molecule has 0 aromatic heterocycles. The Hall–Kier alpha value is -3.72. The second-order valence-corrected chi connectivity index (χ2v) is 9.84. The Labute approximate surface area is 190 Å². The average Bonchev–Trinajstić information content (AvgIpc) is 3.30. The van der Waals surface area contributed by atoms with Gasteiger partial charge in [-0.15, -0.1) is 0 Å². The number of nitro benzene ring substituents is 1. The lowest BCUT2D eigenvalue weighted by Gasteiger charge is -2.37. The summed E-state index contributed by atoms with van der Waals surface area (Å²) in [5.74, 6) is -0.620. The maximum atomic E-state index is 14.0. The highest BCUT2D eigenvalue weighted by Crippen LogP contribution is 2.50. The highest BCUT2D eigenvalue weighted by Gasteiger charge is 2.38. The highest BCUT2D eigenvalue weighted by atomic mass is 32.2. The van der Waals surface area contributed by atoms with Gasteiger partial charge >= 0.3 is 0 Å². The molecule has 0 saturated heterocycles. The van der Waals surface area contributed by atoms with E-state index in [-0.39, 0.29) is 34.1 Å². The number of hydrogen-bond donors (Lipinski definition) is 2. The van der Waals surface area contributed by atoms with Crippen LogP contribution in [-0.4, -0.2) is 13.3 Å². The number of non-ortho nitro benzene ring substituents is 1. The number of hydrogen-bond acceptors (Lipinski definition) is 5. The van der Waals surface area contributed by atoms with Gasteiger partial charge in [0, 0.05) is 23.7 Å². The van der Waals surface area contributed by atoms with E-state index in [0.29, 0.717) is 0 Å². The van der Waals surface area contributed by atoms with E-state index in [1.54, 1.807) is 30.3 Å². The smallest absolute Gasteiger partial charge is 0.269 e. The predicted octanol–water partition coefficient (Wildman–Crippen LogP) is 5.36. The lowest BCUT2D eigenvalue weighted by molar-refractivity contribution is -0.384. The van der Waals surface area contributed by atoms with Crippen LogP contribution in [0.2, 0.25) is 0 Å². The van der Waals surface area contributed by atoms with E-state index >= 15 is 0 Å². The summed E-state index contributed by atoms with van der Waals surface area (Å²) in [5.41, 5.74) is 2.32. The third-order valence-electron chi connectivity index (χ3n) is 6.20. The van der Waals surface area contributed by atoms with Gasteiger partial charge in [-0.05, 0) is 53.8 Å². The van der Waals surface area contributed by atoms with Crippen LogP contribution in [0.15, 0.2) is 83.8 Å². The average molecular weight is 466 g/mol. The summed E-state index contributed by atoms with van der Waals surface area (Å²) >= 11 is 0. The number of nitro groups is 1. The van der Waals surface area contributed by atoms with Crippen LogP contribution < -0.4 is 10.0 Å². The third-order valence-corrected chi connectivity index (χ3v) is 7.57. The molecule has 0 unspecified atom stereocenters. The zero-order valence-corrected chi connectivity index (χ0v) is 18.1. The Morgan fingerprint density at radius 3 is 2.67 bits per heavy atom. The molecule has 1 aliphatic carbocycles.